The van der Waals surface area contributed by atoms with Crippen molar-refractivity contribution in [3.05, 3.63) is 65.6 Å². The van der Waals surface area contributed by atoms with E-state index in [4.69, 9.17) is 14.2 Å². The van der Waals surface area contributed by atoms with Gasteiger partial charge in [-0.3, -0.25) is 4.79 Å². The maximum absolute atomic E-state index is 13.4. The van der Waals surface area contributed by atoms with Gasteiger partial charge in [0.25, 0.3) is 5.91 Å². The molecule has 0 bridgehead atoms. The Hall–Kier alpha value is -4.05. The first-order valence-corrected chi connectivity index (χ1v) is 11.4. The average molecular weight is 477 g/mol. The number of aromatic nitrogens is 4. The Morgan fingerprint density at radius 2 is 2.03 bits per heavy atom. The molecule has 2 N–H and O–H groups in total. The van der Waals surface area contributed by atoms with Crippen LogP contribution >= 0.6 is 0 Å². The number of carbonyl (C=O) groups is 1. The van der Waals surface area contributed by atoms with Gasteiger partial charge < -0.3 is 24.5 Å². The lowest BCUT2D eigenvalue weighted by atomic mass is 10.1. The fourth-order valence-corrected chi connectivity index (χ4v) is 4.02. The molecule has 5 rings (SSSR count). The second-order valence-electron chi connectivity index (χ2n) is 8.53. The second kappa shape index (κ2) is 9.30. The van der Waals surface area contributed by atoms with Crippen molar-refractivity contribution in [3.8, 4) is 28.5 Å². The van der Waals surface area contributed by atoms with Crippen molar-refractivity contribution in [3.63, 3.8) is 0 Å². The van der Waals surface area contributed by atoms with Crippen LogP contribution in [0.3, 0.4) is 0 Å². The number of fused-ring (bicyclic) bond motifs is 1. The molecule has 4 heterocycles. The molecule has 0 saturated heterocycles. The summed E-state index contributed by atoms with van der Waals surface area (Å²) in [6.45, 7) is 7.79. The lowest BCUT2D eigenvalue weighted by Gasteiger charge is -2.18. The fraction of sp³-hybridized carbons (Fsp3) is 0.280. The van der Waals surface area contributed by atoms with E-state index < -0.39 is 5.91 Å². The van der Waals surface area contributed by atoms with E-state index in [1.165, 1.54) is 12.1 Å². The zero-order valence-electron chi connectivity index (χ0n) is 19.6. The predicted molar refractivity (Wildman–Crippen MR) is 128 cm³/mol. The number of carbonyl (C=O) groups excluding carboxylic acids is 1. The Kier molecular flexibility index (Phi) is 6.04. The Bertz CT molecular complexity index is 1380. The number of aryl methyl sites for hydroxylation is 1. The number of ether oxygens (including phenoxy) is 1. The summed E-state index contributed by atoms with van der Waals surface area (Å²) in [6, 6.07) is 9.31. The van der Waals surface area contributed by atoms with Crippen LogP contribution < -0.4 is 15.4 Å². The van der Waals surface area contributed by atoms with Gasteiger partial charge in [-0.25, -0.2) is 14.4 Å². The molecular formula is C25H25FN6O3. The van der Waals surface area contributed by atoms with Crippen molar-refractivity contribution in [1.82, 2.24) is 25.0 Å². The minimum absolute atomic E-state index is 0.163. The van der Waals surface area contributed by atoms with E-state index >= 15 is 0 Å². The van der Waals surface area contributed by atoms with Crippen LogP contribution in [0, 0.1) is 12.7 Å². The van der Waals surface area contributed by atoms with Crippen LogP contribution in [0.15, 0.2) is 47.1 Å². The third-order valence-electron chi connectivity index (χ3n) is 5.66. The fourth-order valence-electron chi connectivity index (χ4n) is 4.02. The number of anilines is 1. The molecule has 0 atom stereocenters. The zero-order chi connectivity index (χ0) is 24.5. The van der Waals surface area contributed by atoms with Gasteiger partial charge in [0, 0.05) is 18.7 Å². The van der Waals surface area contributed by atoms with Gasteiger partial charge in [0.15, 0.2) is 0 Å². The monoisotopic (exact) mass is 476 g/mol. The molecule has 0 saturated carbocycles. The molecule has 180 valence electrons. The Labute approximate surface area is 201 Å². The summed E-state index contributed by atoms with van der Waals surface area (Å²) in [7, 11) is 0. The highest BCUT2D eigenvalue weighted by Gasteiger charge is 2.24. The molecule has 10 heteroatoms. The highest BCUT2D eigenvalue weighted by Crippen LogP contribution is 2.31. The SMILES string of the molecule is Cc1onc(-c2ccc(F)cc2)c1C(=O)Nc1ccc(-c2cnc3n2CCNC3)nc1OC(C)C. The summed E-state index contributed by atoms with van der Waals surface area (Å²) >= 11 is 0. The number of imidazole rings is 1. The number of halogens is 1. The number of rotatable bonds is 6. The number of nitrogens with zero attached hydrogens (tertiary/aromatic N) is 4. The van der Waals surface area contributed by atoms with Crippen molar-refractivity contribution in [1.29, 1.82) is 0 Å². The van der Waals surface area contributed by atoms with Crippen molar-refractivity contribution < 1.29 is 18.4 Å². The van der Waals surface area contributed by atoms with Gasteiger partial charge in [-0.15, -0.1) is 0 Å². The van der Waals surface area contributed by atoms with E-state index in [2.05, 4.69) is 25.3 Å². The van der Waals surface area contributed by atoms with E-state index in [9.17, 15) is 9.18 Å². The lowest BCUT2D eigenvalue weighted by Crippen LogP contribution is -2.28. The third kappa shape index (κ3) is 4.52. The molecule has 0 unspecified atom stereocenters. The van der Waals surface area contributed by atoms with E-state index in [1.807, 2.05) is 19.9 Å². The smallest absolute Gasteiger partial charge is 0.261 e. The first-order valence-electron chi connectivity index (χ1n) is 11.4. The summed E-state index contributed by atoms with van der Waals surface area (Å²) in [5, 5.41) is 10.2. The number of hydrogen-bond donors (Lipinski definition) is 2. The number of nitrogens with one attached hydrogen (secondary N) is 2. The van der Waals surface area contributed by atoms with Crippen molar-refractivity contribution in [2.24, 2.45) is 0 Å². The predicted octanol–water partition coefficient (Wildman–Crippen LogP) is 4.19. The van der Waals surface area contributed by atoms with Crippen LogP contribution in [-0.2, 0) is 13.1 Å². The van der Waals surface area contributed by atoms with Crippen LogP contribution in [0.2, 0.25) is 0 Å². The first kappa shape index (κ1) is 22.7. The largest absolute Gasteiger partial charge is 0.473 e. The van der Waals surface area contributed by atoms with Crippen molar-refractivity contribution in [2.45, 2.75) is 40.0 Å². The zero-order valence-corrected chi connectivity index (χ0v) is 19.6. The highest BCUT2D eigenvalue weighted by molar-refractivity contribution is 6.09. The maximum atomic E-state index is 13.4. The van der Waals surface area contributed by atoms with E-state index in [-0.39, 0.29) is 17.5 Å². The van der Waals surface area contributed by atoms with Crippen molar-refractivity contribution >= 4 is 11.6 Å². The van der Waals surface area contributed by atoms with E-state index in [0.29, 0.717) is 40.8 Å². The van der Waals surface area contributed by atoms with Crippen LogP contribution in [-0.4, -0.2) is 38.2 Å². The molecular weight excluding hydrogens is 451 g/mol. The summed E-state index contributed by atoms with van der Waals surface area (Å²) in [6.07, 6.45) is 1.64. The van der Waals surface area contributed by atoms with Gasteiger partial charge in [0.2, 0.25) is 5.88 Å². The van der Waals surface area contributed by atoms with Crippen LogP contribution in [0.5, 0.6) is 5.88 Å². The molecule has 35 heavy (non-hydrogen) atoms. The van der Waals surface area contributed by atoms with Gasteiger partial charge in [0.1, 0.15) is 34.3 Å². The summed E-state index contributed by atoms with van der Waals surface area (Å²) in [4.78, 5) is 22.5. The van der Waals surface area contributed by atoms with Crippen LogP contribution in [0.1, 0.15) is 35.8 Å². The maximum Gasteiger partial charge on any atom is 0.261 e. The Morgan fingerprint density at radius 1 is 1.23 bits per heavy atom. The van der Waals surface area contributed by atoms with Crippen molar-refractivity contribution in [2.75, 3.05) is 11.9 Å². The molecule has 0 aliphatic carbocycles. The minimum Gasteiger partial charge on any atom is -0.473 e. The van der Waals surface area contributed by atoms with Gasteiger partial charge in [-0.1, -0.05) is 5.16 Å². The summed E-state index contributed by atoms with van der Waals surface area (Å²) in [5.41, 5.74) is 3.16. The first-order chi connectivity index (χ1) is 16.9. The topological polar surface area (TPSA) is 107 Å². The Morgan fingerprint density at radius 3 is 2.80 bits per heavy atom. The van der Waals surface area contributed by atoms with E-state index in [1.54, 1.807) is 31.3 Å². The van der Waals surface area contributed by atoms with Gasteiger partial charge in [-0.2, -0.15) is 0 Å². The molecule has 1 amide bonds. The third-order valence-corrected chi connectivity index (χ3v) is 5.66. The molecule has 1 aromatic carbocycles. The highest BCUT2D eigenvalue weighted by atomic mass is 19.1. The molecule has 0 radical (unpaired) electrons. The molecule has 1 aliphatic rings. The number of amides is 1. The molecule has 0 spiro atoms. The van der Waals surface area contributed by atoms with Gasteiger partial charge in [0.05, 0.1) is 30.2 Å². The molecule has 4 aromatic rings. The van der Waals surface area contributed by atoms with E-state index in [0.717, 1.165) is 24.6 Å². The molecule has 3 aromatic heterocycles. The number of hydrogen-bond acceptors (Lipinski definition) is 7. The molecule has 0 fully saturated rings. The lowest BCUT2D eigenvalue weighted by molar-refractivity contribution is 0.102. The minimum atomic E-state index is -0.431. The average Bonchev–Trinajstić information content (AvgIpc) is 3.44. The summed E-state index contributed by atoms with van der Waals surface area (Å²) < 4.78 is 26.8. The number of pyridine rings is 1. The standard InChI is InChI=1S/C25H25FN6O3/c1-14(2)34-25-19(9-8-18(30-25)20-12-28-21-13-27-10-11-32(20)21)29-24(33)22-15(3)35-31-23(22)16-4-6-17(26)7-5-16/h4-9,12,14,27H,10-11,13H2,1-3H3,(H,29,33). The van der Waals surface area contributed by atoms with Crippen LogP contribution in [0.25, 0.3) is 22.6 Å². The Balaban J connectivity index is 1.48. The summed E-state index contributed by atoms with van der Waals surface area (Å²) in [5.74, 6) is 0.786. The molecule has 9 nitrogen and oxygen atoms in total. The second-order valence-corrected chi connectivity index (χ2v) is 8.53. The quantitative estimate of drug-likeness (QED) is 0.430. The molecule has 1 aliphatic heterocycles. The van der Waals surface area contributed by atoms with Gasteiger partial charge >= 0.3 is 0 Å². The van der Waals surface area contributed by atoms with Crippen LogP contribution in [0.4, 0.5) is 10.1 Å². The van der Waals surface area contributed by atoms with Gasteiger partial charge in [-0.05, 0) is 57.2 Å². The normalized spacial score (nSPS) is 13.1. The number of benzene rings is 1.